The van der Waals surface area contributed by atoms with E-state index in [1.807, 2.05) is 6.92 Å². The highest BCUT2D eigenvalue weighted by Crippen LogP contribution is 2.74. The molecule has 0 amide bonds. The molecule has 37 heteroatoms. The van der Waals surface area contributed by atoms with E-state index >= 15 is 4.79 Å². The van der Waals surface area contributed by atoms with Gasteiger partial charge in [0.15, 0.2) is 59.5 Å². The van der Waals surface area contributed by atoms with Gasteiger partial charge in [-0.2, -0.15) is 0 Å². The van der Waals surface area contributed by atoms with Crippen LogP contribution in [0.2, 0.25) is 0 Å². The number of aliphatic hydroxyl groups is 26. The number of rotatable bonds is 33. The fourth-order valence-corrected chi connectivity index (χ4v) is 15.8. The smallest absolute Gasteiger partial charge is 0.314 e. The van der Waals surface area contributed by atoms with E-state index in [4.69, 9.17) is 47.4 Å². The van der Waals surface area contributed by atoms with E-state index in [9.17, 15) is 133 Å². The third kappa shape index (κ3) is 16.9. The summed E-state index contributed by atoms with van der Waals surface area (Å²) in [5.74, 6) is -9.92. The van der Waals surface area contributed by atoms with Gasteiger partial charge in [0.1, 0.15) is 97.7 Å². The zero-order chi connectivity index (χ0) is 73.7. The number of hydrogen-bond acceptors (Lipinski definition) is 37. The summed E-state index contributed by atoms with van der Waals surface area (Å²) in [5, 5.41) is 277. The van der Waals surface area contributed by atoms with Crippen molar-refractivity contribution >= 4 is 5.97 Å². The van der Waals surface area contributed by atoms with Crippen molar-refractivity contribution in [1.82, 2.24) is 0 Å². The summed E-state index contributed by atoms with van der Waals surface area (Å²) in [7, 11) is 0. The summed E-state index contributed by atoms with van der Waals surface area (Å²) < 4.78 is 59.4. The molecular formula is C62H102O37. The molecule has 1 spiro atoms. The first-order valence-corrected chi connectivity index (χ1v) is 32.9. The average molecular weight is 1440 g/mol. The molecule has 26 N–H and O–H groups in total. The lowest BCUT2D eigenvalue weighted by atomic mass is 9.41. The van der Waals surface area contributed by atoms with Crippen molar-refractivity contribution in [2.45, 2.75) is 264 Å². The monoisotopic (exact) mass is 1440 g/mol. The summed E-state index contributed by atoms with van der Waals surface area (Å²) in [4.78, 5) is 15.5. The Morgan fingerprint density at radius 3 is 1.55 bits per heavy atom. The molecule has 3 heterocycles. The Morgan fingerprint density at radius 2 is 1.02 bits per heavy atom. The molecule has 7 aliphatic rings. The Hall–Kier alpha value is -3.93. The maximum absolute atomic E-state index is 15.5. The lowest BCUT2D eigenvalue weighted by molar-refractivity contribution is -0.377. The predicted molar refractivity (Wildman–Crippen MR) is 324 cm³/mol. The molecule has 31 unspecified atom stereocenters. The average Bonchev–Trinajstić information content (AvgIpc) is 1.62. The molecule has 2 bridgehead atoms. The summed E-state index contributed by atoms with van der Waals surface area (Å²) >= 11 is 0. The van der Waals surface area contributed by atoms with Crippen LogP contribution in [0.5, 0.6) is 0 Å². The quantitative estimate of drug-likeness (QED) is 0.00957. The first-order chi connectivity index (χ1) is 46.6. The zero-order valence-electron chi connectivity index (χ0n) is 54.8. The van der Waals surface area contributed by atoms with E-state index in [0.29, 0.717) is 31.3 Å². The van der Waals surface area contributed by atoms with E-state index in [2.05, 4.69) is 6.58 Å². The van der Waals surface area contributed by atoms with Crippen LogP contribution in [-0.2, 0) is 52.2 Å². The van der Waals surface area contributed by atoms with Crippen molar-refractivity contribution in [2.75, 3.05) is 39.6 Å². The third-order valence-electron chi connectivity index (χ3n) is 21.1. The lowest BCUT2D eigenvalue weighted by Crippen LogP contribution is -2.66. The first kappa shape index (κ1) is 82.4. The van der Waals surface area contributed by atoms with Gasteiger partial charge in [-0.15, -0.1) is 0 Å². The van der Waals surface area contributed by atoms with Crippen LogP contribution in [0.4, 0.5) is 0 Å². The van der Waals surface area contributed by atoms with Gasteiger partial charge < -0.3 is 180 Å². The van der Waals surface area contributed by atoms with E-state index in [-0.39, 0.29) is 44.4 Å². The van der Waals surface area contributed by atoms with Crippen molar-refractivity contribution in [3.05, 3.63) is 46.7 Å². The summed E-state index contributed by atoms with van der Waals surface area (Å²) in [6.45, 7) is 4.34. The molecule has 0 aromatic carbocycles. The fraction of sp³-hybridized carbons (Fsp3) is 0.855. The molecule has 99 heavy (non-hydrogen) atoms. The Balaban J connectivity index is 1.20. The van der Waals surface area contributed by atoms with Gasteiger partial charge in [0.2, 0.25) is 25.2 Å². The minimum absolute atomic E-state index is 0.120. The molecule has 0 aromatic heterocycles. The molecular weight excluding hydrogens is 1340 g/mol. The van der Waals surface area contributed by atoms with Crippen LogP contribution >= 0.6 is 0 Å². The molecule has 3 saturated heterocycles. The second-order valence-electron chi connectivity index (χ2n) is 27.2. The number of esters is 1. The zero-order valence-corrected chi connectivity index (χ0v) is 54.8. The van der Waals surface area contributed by atoms with E-state index in [0.717, 1.165) is 0 Å². The highest BCUT2D eigenvalue weighted by molar-refractivity contribution is 5.77. The molecule has 3 aliphatic heterocycles. The number of carbonyl (C=O) groups excluding carboxylic acids is 1. The van der Waals surface area contributed by atoms with Crippen molar-refractivity contribution in [3.8, 4) is 0 Å². The van der Waals surface area contributed by atoms with E-state index in [1.165, 1.54) is 6.92 Å². The highest BCUT2D eigenvalue weighted by atomic mass is 16.8. The first-order valence-electron chi connectivity index (χ1n) is 32.9. The number of aliphatic hydroxyl groups excluding tert-OH is 26. The van der Waals surface area contributed by atoms with Gasteiger partial charge in [-0.3, -0.25) is 4.79 Å². The van der Waals surface area contributed by atoms with E-state index in [1.54, 1.807) is 6.92 Å². The van der Waals surface area contributed by atoms with Crippen LogP contribution < -0.4 is 0 Å². The second-order valence-corrected chi connectivity index (χ2v) is 27.2. The van der Waals surface area contributed by atoms with Crippen molar-refractivity contribution in [3.63, 3.8) is 0 Å². The normalized spacial score (nSPS) is 40.3. The van der Waals surface area contributed by atoms with Gasteiger partial charge >= 0.3 is 5.97 Å². The Kier molecular flexibility index (Phi) is 28.6. The highest BCUT2D eigenvalue weighted by Gasteiger charge is 2.70. The van der Waals surface area contributed by atoms with Gasteiger partial charge in [-0.1, -0.05) is 26.8 Å². The summed E-state index contributed by atoms with van der Waals surface area (Å²) in [6, 6.07) is 0. The molecule has 4 aliphatic carbocycles. The van der Waals surface area contributed by atoms with Crippen molar-refractivity contribution in [1.29, 1.82) is 0 Å². The van der Waals surface area contributed by atoms with Crippen LogP contribution in [0.25, 0.3) is 0 Å². The SMILES string of the molecule is C=C1CC23CCC4C(C)(C(=O)OC5OC(CO)C(O)C(OC6OC(CO)C(O)C(O)C6O)C5OC(O)C(O)C(OC(O)/C(O)=C(\O)C(O)CCO)C(O)CC)CCCC4(C)C2CCC1(OC1OC(CO)C(O)C(OC(O)/C(O)=C(/O)C(O)CCO)C1OC(O)/C(O)=C(/O)C(O)CCO)C3. The van der Waals surface area contributed by atoms with Crippen LogP contribution in [0.1, 0.15) is 104 Å². The van der Waals surface area contributed by atoms with Crippen LogP contribution in [0, 0.1) is 28.1 Å². The molecule has 7 fully saturated rings. The summed E-state index contributed by atoms with van der Waals surface area (Å²) in [5.41, 5.74) is -3.87. The van der Waals surface area contributed by atoms with Crippen LogP contribution in [0.3, 0.4) is 0 Å². The molecule has 37 nitrogen and oxygen atoms in total. The number of carbonyl (C=O) groups is 1. The Labute approximate surface area is 567 Å². The summed E-state index contributed by atoms with van der Waals surface area (Å²) in [6.07, 6.45) is -52.8. The largest absolute Gasteiger partial charge is 0.506 e. The number of ether oxygens (including phenoxy) is 10. The van der Waals surface area contributed by atoms with Crippen molar-refractivity contribution in [2.24, 2.45) is 28.1 Å². The maximum atomic E-state index is 15.5. The van der Waals surface area contributed by atoms with Crippen LogP contribution in [0.15, 0.2) is 46.7 Å². The lowest BCUT2D eigenvalue weighted by Gasteiger charge is -2.64. The third-order valence-corrected chi connectivity index (χ3v) is 21.1. The Morgan fingerprint density at radius 1 is 0.545 bits per heavy atom. The van der Waals surface area contributed by atoms with Gasteiger partial charge in [0.25, 0.3) is 0 Å². The van der Waals surface area contributed by atoms with Gasteiger partial charge in [-0.05, 0) is 93.0 Å². The molecule has 4 saturated carbocycles. The van der Waals surface area contributed by atoms with Gasteiger partial charge in [-0.25, -0.2) is 0 Å². The Bertz CT molecular complexity index is 2740. The molecule has 0 aromatic rings. The number of fused-ring (bicyclic) bond motifs is 3. The minimum Gasteiger partial charge on any atom is -0.506 e. The van der Waals surface area contributed by atoms with Crippen molar-refractivity contribution < 1.29 is 185 Å². The second kappa shape index (κ2) is 34.3. The van der Waals surface area contributed by atoms with Crippen LogP contribution in [-0.4, -0.2) is 338 Å². The molecule has 7 rings (SSSR count). The topological polar surface area (TPSA) is 635 Å². The fourth-order valence-electron chi connectivity index (χ4n) is 15.8. The van der Waals surface area contributed by atoms with E-state index < -0.39 is 281 Å². The molecule has 31 atom stereocenters. The standard InChI is InChI=1S/C62H102O37/c1-5-25(69)46(93-51(85)41(80)34(73)26(70)9-16-63)45(84)54(88)95-49-48(97-55-44(83)40(79)37(76)29(20-66)90-55)39(78)30(21-67)91-56(49)98-58(89)60(4)13-6-12-59(3)32(60)7-14-61-19-24(2)62(23-61,15-8-33(59)61)99-57-50(96-53(87)43(82)36(75)28(72)11-18-65)47(38(77)31(22-68)92-57)94-52(86)42(81)35(74)27(71)10-17-64/h25-33,37-40,44-57,63-88H,2,5-23H2,1,3-4H3/b41-34+,42-35-,43-36-. The predicted octanol–water partition coefficient (Wildman–Crippen LogP) is -5.86. The van der Waals surface area contributed by atoms with Gasteiger partial charge in [0.05, 0.1) is 36.9 Å². The maximum Gasteiger partial charge on any atom is 0.314 e. The number of hydrogen-bond donors (Lipinski definition) is 26. The molecule has 0 radical (unpaired) electrons. The van der Waals surface area contributed by atoms with Gasteiger partial charge in [0, 0.05) is 39.1 Å². The molecule has 572 valence electrons. The minimum atomic E-state index is -2.72.